The normalized spacial score (nSPS) is 10.5. The Balaban J connectivity index is 1.93. The minimum atomic E-state index is 0.823. The summed E-state index contributed by atoms with van der Waals surface area (Å²) in [5, 5.41) is 7.53. The van der Waals surface area contributed by atoms with Crippen LogP contribution >= 0.6 is 0 Å². The third-order valence-electron chi connectivity index (χ3n) is 2.36. The number of hydrogen-bond donors (Lipinski definition) is 1. The Morgan fingerprint density at radius 2 is 2.20 bits per heavy atom. The van der Waals surface area contributed by atoms with Gasteiger partial charge >= 0.3 is 0 Å². The number of anilines is 1. The molecule has 4 nitrogen and oxygen atoms in total. The van der Waals surface area contributed by atoms with Crippen molar-refractivity contribution in [2.24, 2.45) is 7.05 Å². The zero-order valence-electron chi connectivity index (χ0n) is 9.14. The zero-order chi connectivity index (χ0) is 10.7. The number of aryl methyl sites for hydroxylation is 2. The second kappa shape index (κ2) is 4.21. The second-order valence-corrected chi connectivity index (χ2v) is 3.58. The van der Waals surface area contributed by atoms with E-state index < -0.39 is 0 Å². The predicted molar refractivity (Wildman–Crippen MR) is 60.6 cm³/mol. The molecular weight excluding hydrogens is 188 g/mol. The number of rotatable bonds is 4. The molecule has 0 saturated carbocycles. The maximum absolute atomic E-state index is 4.25. The number of nitrogens with zero attached hydrogens (tertiary/aromatic N) is 3. The molecule has 0 radical (unpaired) electrons. The summed E-state index contributed by atoms with van der Waals surface area (Å²) in [7, 11) is 1.92. The van der Waals surface area contributed by atoms with Crippen molar-refractivity contribution in [3.63, 3.8) is 0 Å². The predicted octanol–water partition coefficient (Wildman–Crippen LogP) is 1.85. The lowest BCUT2D eigenvalue weighted by atomic mass is 10.3. The van der Waals surface area contributed by atoms with Crippen LogP contribution in [0.1, 0.15) is 12.5 Å². The van der Waals surface area contributed by atoms with E-state index in [1.807, 2.05) is 19.3 Å². The molecule has 4 heteroatoms. The molecule has 0 aliphatic carbocycles. The van der Waals surface area contributed by atoms with Crippen molar-refractivity contribution in [3.05, 3.63) is 36.3 Å². The van der Waals surface area contributed by atoms with E-state index in [-0.39, 0.29) is 0 Å². The monoisotopic (exact) mass is 204 g/mol. The molecule has 2 heterocycles. The molecule has 0 aliphatic heterocycles. The van der Waals surface area contributed by atoms with E-state index in [4.69, 9.17) is 0 Å². The van der Waals surface area contributed by atoms with E-state index >= 15 is 0 Å². The summed E-state index contributed by atoms with van der Waals surface area (Å²) >= 11 is 0. The first kappa shape index (κ1) is 9.83. The number of aromatic nitrogens is 3. The van der Waals surface area contributed by atoms with Gasteiger partial charge < -0.3 is 9.88 Å². The molecule has 15 heavy (non-hydrogen) atoms. The summed E-state index contributed by atoms with van der Waals surface area (Å²) in [6.45, 7) is 3.98. The van der Waals surface area contributed by atoms with Crippen molar-refractivity contribution in [3.8, 4) is 0 Å². The minimum Gasteiger partial charge on any atom is -0.364 e. The average Bonchev–Trinajstić information content (AvgIpc) is 2.83. The van der Waals surface area contributed by atoms with Crippen LogP contribution < -0.4 is 5.32 Å². The third kappa shape index (κ3) is 2.40. The average molecular weight is 204 g/mol. The highest BCUT2D eigenvalue weighted by atomic mass is 15.3. The summed E-state index contributed by atoms with van der Waals surface area (Å²) in [5.41, 5.74) is 1.28. The highest BCUT2D eigenvalue weighted by molar-refractivity contribution is 5.33. The van der Waals surface area contributed by atoms with Crippen LogP contribution in [0.5, 0.6) is 0 Å². The summed E-state index contributed by atoms with van der Waals surface area (Å²) in [6, 6.07) is 4.09. The number of hydrogen-bond acceptors (Lipinski definition) is 2. The van der Waals surface area contributed by atoms with Gasteiger partial charge in [0.25, 0.3) is 0 Å². The summed E-state index contributed by atoms with van der Waals surface area (Å²) in [4.78, 5) is 0. The first-order chi connectivity index (χ1) is 7.28. The van der Waals surface area contributed by atoms with E-state index in [0.717, 1.165) is 18.9 Å². The highest BCUT2D eigenvalue weighted by Gasteiger charge is 1.98. The molecule has 0 aliphatic rings. The first-order valence-electron chi connectivity index (χ1n) is 5.16. The van der Waals surface area contributed by atoms with Crippen LogP contribution in [-0.4, -0.2) is 14.3 Å². The molecule has 80 valence electrons. The van der Waals surface area contributed by atoms with E-state index in [0.29, 0.717) is 0 Å². The van der Waals surface area contributed by atoms with Gasteiger partial charge in [-0.2, -0.15) is 5.10 Å². The standard InChI is InChI=1S/C11H16N4/c1-3-15-7-4-10(9-15)8-12-11-5-6-14(2)13-11/h4-7,9H,3,8H2,1-2H3,(H,12,13). The van der Waals surface area contributed by atoms with Crippen LogP contribution in [0.4, 0.5) is 5.82 Å². The highest BCUT2D eigenvalue weighted by Crippen LogP contribution is 2.06. The smallest absolute Gasteiger partial charge is 0.148 e. The molecule has 0 amide bonds. The van der Waals surface area contributed by atoms with Gasteiger partial charge in [0.15, 0.2) is 0 Å². The summed E-state index contributed by atoms with van der Waals surface area (Å²) in [5.74, 6) is 0.918. The van der Waals surface area contributed by atoms with E-state index in [2.05, 4.69) is 40.4 Å². The van der Waals surface area contributed by atoms with Gasteiger partial charge in [-0.15, -0.1) is 0 Å². The lowest BCUT2D eigenvalue weighted by Crippen LogP contribution is -2.00. The molecule has 0 unspecified atom stereocenters. The maximum atomic E-state index is 4.25. The second-order valence-electron chi connectivity index (χ2n) is 3.58. The Morgan fingerprint density at radius 3 is 2.80 bits per heavy atom. The van der Waals surface area contributed by atoms with Gasteiger partial charge in [0.1, 0.15) is 5.82 Å². The fourth-order valence-corrected chi connectivity index (χ4v) is 1.49. The van der Waals surface area contributed by atoms with E-state index in [9.17, 15) is 0 Å². The first-order valence-corrected chi connectivity index (χ1v) is 5.16. The van der Waals surface area contributed by atoms with Gasteiger partial charge in [0.2, 0.25) is 0 Å². The van der Waals surface area contributed by atoms with Crippen LogP contribution in [0, 0.1) is 0 Å². The minimum absolute atomic E-state index is 0.823. The SMILES string of the molecule is CCn1ccc(CNc2ccn(C)n2)c1. The largest absolute Gasteiger partial charge is 0.364 e. The quantitative estimate of drug-likeness (QED) is 0.825. The van der Waals surface area contributed by atoms with Gasteiger partial charge in [0, 0.05) is 44.8 Å². The summed E-state index contributed by atoms with van der Waals surface area (Å²) < 4.78 is 3.95. The molecule has 2 aromatic heterocycles. The van der Waals surface area contributed by atoms with E-state index in [1.54, 1.807) is 4.68 Å². The zero-order valence-corrected chi connectivity index (χ0v) is 9.14. The van der Waals surface area contributed by atoms with Gasteiger partial charge in [-0.05, 0) is 18.6 Å². The molecule has 0 atom stereocenters. The Hall–Kier alpha value is -1.71. The molecule has 0 aromatic carbocycles. The fourth-order valence-electron chi connectivity index (χ4n) is 1.49. The van der Waals surface area contributed by atoms with Gasteiger partial charge in [0.05, 0.1) is 0 Å². The Bertz CT molecular complexity index is 427. The molecular formula is C11H16N4. The Morgan fingerprint density at radius 1 is 1.33 bits per heavy atom. The Kier molecular flexibility index (Phi) is 2.76. The maximum Gasteiger partial charge on any atom is 0.148 e. The molecule has 2 aromatic rings. The molecule has 0 spiro atoms. The summed E-state index contributed by atoms with van der Waals surface area (Å²) in [6.07, 6.45) is 6.17. The van der Waals surface area contributed by atoms with Crippen LogP contribution in [-0.2, 0) is 20.1 Å². The molecule has 1 N–H and O–H groups in total. The van der Waals surface area contributed by atoms with Crippen LogP contribution in [0.15, 0.2) is 30.7 Å². The molecule has 0 fully saturated rings. The fraction of sp³-hybridized carbons (Fsp3) is 0.364. The molecule has 0 saturated heterocycles. The van der Waals surface area contributed by atoms with E-state index in [1.165, 1.54) is 5.56 Å². The lowest BCUT2D eigenvalue weighted by molar-refractivity contribution is 0.763. The van der Waals surface area contributed by atoms with Crippen molar-refractivity contribution in [2.45, 2.75) is 20.0 Å². The van der Waals surface area contributed by atoms with Crippen molar-refractivity contribution >= 4 is 5.82 Å². The van der Waals surface area contributed by atoms with Crippen molar-refractivity contribution < 1.29 is 0 Å². The van der Waals surface area contributed by atoms with Crippen LogP contribution in [0.2, 0.25) is 0 Å². The third-order valence-corrected chi connectivity index (χ3v) is 2.36. The Labute approximate surface area is 89.5 Å². The molecule has 2 rings (SSSR count). The van der Waals surface area contributed by atoms with Gasteiger partial charge in [-0.25, -0.2) is 0 Å². The van der Waals surface area contributed by atoms with Crippen LogP contribution in [0.3, 0.4) is 0 Å². The van der Waals surface area contributed by atoms with Crippen molar-refractivity contribution in [2.75, 3.05) is 5.32 Å². The lowest BCUT2D eigenvalue weighted by Gasteiger charge is -2.00. The van der Waals surface area contributed by atoms with Crippen LogP contribution in [0.25, 0.3) is 0 Å². The number of nitrogens with one attached hydrogen (secondary N) is 1. The van der Waals surface area contributed by atoms with Gasteiger partial charge in [-0.1, -0.05) is 0 Å². The topological polar surface area (TPSA) is 34.8 Å². The van der Waals surface area contributed by atoms with Crippen molar-refractivity contribution in [1.29, 1.82) is 0 Å². The molecule has 0 bridgehead atoms. The van der Waals surface area contributed by atoms with Crippen molar-refractivity contribution in [1.82, 2.24) is 14.3 Å². The van der Waals surface area contributed by atoms with Gasteiger partial charge in [-0.3, -0.25) is 4.68 Å².